The quantitative estimate of drug-likeness (QED) is 0.863. The van der Waals surface area contributed by atoms with Crippen LogP contribution in [0.2, 0.25) is 0 Å². The van der Waals surface area contributed by atoms with Crippen molar-refractivity contribution in [3.8, 4) is 0 Å². The maximum atomic E-state index is 5.62. The third-order valence-corrected chi connectivity index (χ3v) is 3.27. The Balaban J connectivity index is 1.78. The van der Waals surface area contributed by atoms with Gasteiger partial charge >= 0.3 is 0 Å². The van der Waals surface area contributed by atoms with Crippen LogP contribution in [0, 0.1) is 0 Å². The molecule has 94 valence electrons. The number of hydrogen-bond acceptors (Lipinski definition) is 4. The molecule has 18 heavy (non-hydrogen) atoms. The lowest BCUT2D eigenvalue weighted by atomic mass is 9.98. The molecule has 0 amide bonds. The van der Waals surface area contributed by atoms with Crippen LogP contribution in [0.5, 0.6) is 0 Å². The molecule has 2 N–H and O–H groups in total. The van der Waals surface area contributed by atoms with Crippen molar-refractivity contribution < 1.29 is 4.74 Å². The molecule has 0 radical (unpaired) electrons. The molecule has 1 aliphatic rings. The van der Waals surface area contributed by atoms with Gasteiger partial charge in [-0.3, -0.25) is 10.4 Å². The summed E-state index contributed by atoms with van der Waals surface area (Å²) >= 11 is 0. The minimum atomic E-state index is 0.118. The molecule has 0 bridgehead atoms. The minimum absolute atomic E-state index is 0.118. The first-order valence-corrected chi connectivity index (χ1v) is 6.11. The zero-order chi connectivity index (χ0) is 12.4. The molecule has 0 fully saturated rings. The highest BCUT2D eigenvalue weighted by atomic mass is 16.5. The number of nitrogens with one attached hydrogen (secondary N) is 2. The third-order valence-electron chi connectivity index (χ3n) is 3.27. The molecular formula is C13H16N4O. The number of H-pyrrole nitrogens is 1. The molecule has 2 heterocycles. The van der Waals surface area contributed by atoms with Crippen molar-refractivity contribution in [2.24, 2.45) is 0 Å². The lowest BCUT2D eigenvalue weighted by Gasteiger charge is -2.28. The Hall–Kier alpha value is -1.72. The number of nitrogens with zero attached hydrogens (tertiary/aromatic N) is 2. The summed E-state index contributed by atoms with van der Waals surface area (Å²) in [5.74, 6) is 0.845. The zero-order valence-electron chi connectivity index (χ0n) is 10.3. The minimum Gasteiger partial charge on any atom is -0.375 e. The fraction of sp³-hybridized carbons (Fsp3) is 0.385. The molecular weight excluding hydrogens is 228 g/mol. The van der Waals surface area contributed by atoms with Crippen LogP contribution < -0.4 is 5.32 Å². The molecule has 5 nitrogen and oxygen atoms in total. The van der Waals surface area contributed by atoms with Gasteiger partial charge in [0, 0.05) is 0 Å². The molecule has 0 saturated heterocycles. The number of hydrogen-bond donors (Lipinski definition) is 2. The second-order valence-corrected chi connectivity index (χ2v) is 4.53. The molecule has 0 spiro atoms. The van der Waals surface area contributed by atoms with Gasteiger partial charge in [0.1, 0.15) is 12.2 Å². The fourth-order valence-electron chi connectivity index (χ4n) is 2.32. The summed E-state index contributed by atoms with van der Waals surface area (Å²) in [6.07, 6.45) is 1.53. The van der Waals surface area contributed by atoms with E-state index in [1.165, 1.54) is 17.5 Å². The van der Waals surface area contributed by atoms with E-state index in [0.29, 0.717) is 13.2 Å². The van der Waals surface area contributed by atoms with Gasteiger partial charge in [-0.1, -0.05) is 24.3 Å². The van der Waals surface area contributed by atoms with Crippen LogP contribution in [-0.2, 0) is 11.3 Å². The predicted octanol–water partition coefficient (Wildman–Crippen LogP) is 1.73. The maximum Gasteiger partial charge on any atom is 0.141 e. The van der Waals surface area contributed by atoms with Crippen molar-refractivity contribution in [2.45, 2.75) is 25.6 Å². The van der Waals surface area contributed by atoms with E-state index in [9.17, 15) is 0 Å². The second kappa shape index (κ2) is 4.88. The predicted molar refractivity (Wildman–Crippen MR) is 66.8 cm³/mol. The standard InChI is InChI=1S/C13H16N4O/c1-9(13-14-8-15-17-13)16-12-7-18-6-10-4-2-3-5-11(10)12/h2-5,8-9,12,16H,6-7H2,1H3,(H,14,15,17). The Morgan fingerprint density at radius 3 is 3.17 bits per heavy atom. The van der Waals surface area contributed by atoms with E-state index in [0.717, 1.165) is 5.82 Å². The van der Waals surface area contributed by atoms with Gasteiger partial charge in [0.05, 0.1) is 25.3 Å². The summed E-state index contributed by atoms with van der Waals surface area (Å²) in [7, 11) is 0. The highest BCUT2D eigenvalue weighted by Crippen LogP contribution is 2.26. The number of ether oxygens (including phenoxy) is 1. The van der Waals surface area contributed by atoms with Crippen LogP contribution in [0.1, 0.15) is 36.0 Å². The normalized spacial score (nSPS) is 20.4. The largest absolute Gasteiger partial charge is 0.375 e. The Kier molecular flexibility index (Phi) is 3.08. The van der Waals surface area contributed by atoms with E-state index in [1.807, 2.05) is 6.07 Å². The molecule has 1 aliphatic heterocycles. The Bertz CT molecular complexity index is 511. The molecule has 1 aromatic heterocycles. The van der Waals surface area contributed by atoms with Crippen LogP contribution in [0.4, 0.5) is 0 Å². The van der Waals surface area contributed by atoms with Crippen molar-refractivity contribution in [3.05, 3.63) is 47.5 Å². The van der Waals surface area contributed by atoms with Crippen LogP contribution in [0.25, 0.3) is 0 Å². The Morgan fingerprint density at radius 2 is 2.33 bits per heavy atom. The highest BCUT2D eigenvalue weighted by molar-refractivity contribution is 5.31. The van der Waals surface area contributed by atoms with E-state index in [4.69, 9.17) is 4.74 Å². The van der Waals surface area contributed by atoms with Crippen LogP contribution in [0.3, 0.4) is 0 Å². The first kappa shape index (κ1) is 11.4. The molecule has 3 rings (SSSR count). The first-order valence-electron chi connectivity index (χ1n) is 6.11. The van der Waals surface area contributed by atoms with Gasteiger partial charge in [-0.05, 0) is 18.1 Å². The molecule has 2 unspecified atom stereocenters. The van der Waals surface area contributed by atoms with Gasteiger partial charge in [-0.25, -0.2) is 4.98 Å². The molecule has 0 aliphatic carbocycles. The monoisotopic (exact) mass is 244 g/mol. The van der Waals surface area contributed by atoms with E-state index in [2.05, 4.69) is 45.6 Å². The summed E-state index contributed by atoms with van der Waals surface area (Å²) in [4.78, 5) is 4.17. The molecule has 5 heteroatoms. The van der Waals surface area contributed by atoms with Gasteiger partial charge in [0.2, 0.25) is 0 Å². The molecule has 2 atom stereocenters. The Labute approximate surface area is 106 Å². The smallest absolute Gasteiger partial charge is 0.141 e. The van der Waals surface area contributed by atoms with Crippen molar-refractivity contribution in [1.82, 2.24) is 20.5 Å². The maximum absolute atomic E-state index is 5.62. The highest BCUT2D eigenvalue weighted by Gasteiger charge is 2.22. The van der Waals surface area contributed by atoms with Gasteiger partial charge < -0.3 is 4.74 Å². The lowest BCUT2D eigenvalue weighted by Crippen LogP contribution is -2.32. The topological polar surface area (TPSA) is 62.8 Å². The number of aromatic nitrogens is 3. The second-order valence-electron chi connectivity index (χ2n) is 4.53. The number of benzene rings is 1. The SMILES string of the molecule is CC(NC1COCc2ccccc21)c1ncn[nH]1. The zero-order valence-corrected chi connectivity index (χ0v) is 10.3. The van der Waals surface area contributed by atoms with Gasteiger partial charge in [-0.2, -0.15) is 5.10 Å². The summed E-state index contributed by atoms with van der Waals surface area (Å²) in [5.41, 5.74) is 2.57. The average Bonchev–Trinajstić information content (AvgIpc) is 2.93. The van der Waals surface area contributed by atoms with E-state index >= 15 is 0 Å². The van der Waals surface area contributed by atoms with Crippen LogP contribution >= 0.6 is 0 Å². The first-order chi connectivity index (χ1) is 8.84. The van der Waals surface area contributed by atoms with E-state index < -0.39 is 0 Å². The number of fused-ring (bicyclic) bond motifs is 1. The van der Waals surface area contributed by atoms with E-state index in [-0.39, 0.29) is 12.1 Å². The summed E-state index contributed by atoms with van der Waals surface area (Å²) in [5, 5.41) is 10.3. The van der Waals surface area contributed by atoms with Crippen LogP contribution in [-0.4, -0.2) is 21.8 Å². The van der Waals surface area contributed by atoms with Crippen molar-refractivity contribution in [1.29, 1.82) is 0 Å². The molecule has 1 aromatic carbocycles. The summed E-state index contributed by atoms with van der Waals surface area (Å²) in [6, 6.07) is 8.70. The van der Waals surface area contributed by atoms with Gasteiger partial charge in [-0.15, -0.1) is 0 Å². The van der Waals surface area contributed by atoms with Crippen LogP contribution in [0.15, 0.2) is 30.6 Å². The fourth-order valence-corrected chi connectivity index (χ4v) is 2.32. The molecule has 0 saturated carbocycles. The van der Waals surface area contributed by atoms with Gasteiger partial charge in [0.25, 0.3) is 0 Å². The van der Waals surface area contributed by atoms with Crippen molar-refractivity contribution >= 4 is 0 Å². The summed E-state index contributed by atoms with van der Waals surface area (Å²) < 4.78 is 5.62. The molecule has 2 aromatic rings. The lowest BCUT2D eigenvalue weighted by molar-refractivity contribution is 0.0787. The van der Waals surface area contributed by atoms with Crippen molar-refractivity contribution in [2.75, 3.05) is 6.61 Å². The van der Waals surface area contributed by atoms with Gasteiger partial charge in [0.15, 0.2) is 0 Å². The van der Waals surface area contributed by atoms with E-state index in [1.54, 1.807) is 0 Å². The Morgan fingerprint density at radius 1 is 1.44 bits per heavy atom. The third kappa shape index (κ3) is 2.14. The number of aromatic amines is 1. The average molecular weight is 244 g/mol. The summed E-state index contributed by atoms with van der Waals surface area (Å²) in [6.45, 7) is 3.46. The van der Waals surface area contributed by atoms with Crippen molar-refractivity contribution in [3.63, 3.8) is 0 Å². The number of rotatable bonds is 3.